The van der Waals surface area contributed by atoms with Gasteiger partial charge in [-0.15, -0.1) is 11.8 Å². The molecule has 3 rings (SSSR count). The number of hydrogen-bond acceptors (Lipinski definition) is 3. The lowest BCUT2D eigenvalue weighted by molar-refractivity contribution is -0.129. The summed E-state index contributed by atoms with van der Waals surface area (Å²) in [6, 6.07) is 8.46. The summed E-state index contributed by atoms with van der Waals surface area (Å²) in [6.45, 7) is 1.43. The van der Waals surface area contributed by atoms with Crippen LogP contribution in [0.1, 0.15) is 44.9 Å². The van der Waals surface area contributed by atoms with Gasteiger partial charge in [-0.25, -0.2) is 4.79 Å². The summed E-state index contributed by atoms with van der Waals surface area (Å²) in [7, 11) is 0. The third kappa shape index (κ3) is 6.71. The summed E-state index contributed by atoms with van der Waals surface area (Å²) in [5.41, 5.74) is 0. The van der Waals surface area contributed by atoms with Gasteiger partial charge in [0, 0.05) is 34.5 Å². The number of piperidine rings is 1. The van der Waals surface area contributed by atoms with Gasteiger partial charge >= 0.3 is 6.03 Å². The van der Waals surface area contributed by atoms with Crippen LogP contribution < -0.4 is 10.6 Å². The molecule has 148 valence electrons. The van der Waals surface area contributed by atoms with E-state index in [9.17, 15) is 9.59 Å². The summed E-state index contributed by atoms with van der Waals surface area (Å²) in [5, 5.41) is 6.20. The quantitative estimate of drug-likeness (QED) is 0.657. The molecule has 5 nitrogen and oxygen atoms in total. The van der Waals surface area contributed by atoms with E-state index in [1.54, 1.807) is 11.8 Å². The number of hydrogen-bond donors (Lipinski definition) is 2. The fourth-order valence-corrected chi connectivity index (χ4v) is 4.77. The van der Waals surface area contributed by atoms with Crippen LogP contribution in [0.4, 0.5) is 4.79 Å². The Bertz CT molecular complexity index is 627. The number of halogens is 1. The number of nitrogens with zero attached hydrogens (tertiary/aromatic N) is 1. The molecule has 0 atom stereocenters. The lowest BCUT2D eigenvalue weighted by atomic mass is 9.96. The maximum atomic E-state index is 12.4. The third-order valence-corrected chi connectivity index (χ3v) is 6.82. The molecule has 0 radical (unpaired) electrons. The van der Waals surface area contributed by atoms with E-state index in [1.807, 2.05) is 29.2 Å². The second-order valence-electron chi connectivity index (χ2n) is 7.35. The highest BCUT2D eigenvalue weighted by molar-refractivity contribution is 9.10. The van der Waals surface area contributed by atoms with Crippen molar-refractivity contribution >= 4 is 39.6 Å². The maximum absolute atomic E-state index is 12.4. The van der Waals surface area contributed by atoms with E-state index in [2.05, 4.69) is 26.6 Å². The monoisotopic (exact) mass is 453 g/mol. The van der Waals surface area contributed by atoms with Crippen molar-refractivity contribution in [2.24, 2.45) is 0 Å². The van der Waals surface area contributed by atoms with Gasteiger partial charge in [0.05, 0.1) is 5.75 Å². The Balaban J connectivity index is 1.34. The number of nitrogens with one attached hydrogen (secondary N) is 2. The molecule has 0 bridgehead atoms. The van der Waals surface area contributed by atoms with Crippen LogP contribution in [0.2, 0.25) is 0 Å². The molecule has 0 unspecified atom stereocenters. The molecule has 0 spiro atoms. The Morgan fingerprint density at radius 1 is 0.963 bits per heavy atom. The zero-order valence-electron chi connectivity index (χ0n) is 15.6. The van der Waals surface area contributed by atoms with Crippen molar-refractivity contribution < 1.29 is 9.59 Å². The van der Waals surface area contributed by atoms with Crippen LogP contribution in [-0.4, -0.2) is 47.8 Å². The van der Waals surface area contributed by atoms with Gasteiger partial charge in [-0.2, -0.15) is 0 Å². The minimum absolute atomic E-state index is 0.0440. The van der Waals surface area contributed by atoms with Crippen molar-refractivity contribution in [3.05, 3.63) is 28.7 Å². The third-order valence-electron chi connectivity index (χ3n) is 5.30. The van der Waals surface area contributed by atoms with Crippen molar-refractivity contribution in [2.75, 3.05) is 18.8 Å². The SMILES string of the molecule is O=C(NC1CCCCC1)NC1CCN(C(=O)CSc2ccc(Br)cc2)CC1. The highest BCUT2D eigenvalue weighted by Crippen LogP contribution is 2.22. The molecule has 1 aromatic carbocycles. The highest BCUT2D eigenvalue weighted by atomic mass is 79.9. The molecule has 1 heterocycles. The highest BCUT2D eigenvalue weighted by Gasteiger charge is 2.24. The summed E-state index contributed by atoms with van der Waals surface area (Å²) >= 11 is 4.99. The Morgan fingerprint density at radius 2 is 1.56 bits per heavy atom. The lowest BCUT2D eigenvalue weighted by Crippen LogP contribution is -2.51. The first kappa shape index (κ1) is 20.5. The molecule has 3 amide bonds. The molecule has 7 heteroatoms. The standard InChI is InChI=1S/C20H28BrN3O2S/c21-15-6-8-18(9-7-15)27-14-19(25)24-12-10-17(11-13-24)23-20(26)22-16-4-2-1-3-5-16/h6-9,16-17H,1-5,10-14H2,(H2,22,23,26). The van der Waals surface area contributed by atoms with E-state index in [-0.39, 0.29) is 18.0 Å². The number of benzene rings is 1. The zero-order chi connectivity index (χ0) is 19.1. The van der Waals surface area contributed by atoms with E-state index in [0.717, 1.165) is 35.1 Å². The average Bonchev–Trinajstić information content (AvgIpc) is 2.68. The van der Waals surface area contributed by atoms with Crippen LogP contribution in [0.5, 0.6) is 0 Å². The van der Waals surface area contributed by atoms with Crippen LogP contribution >= 0.6 is 27.7 Å². The second-order valence-corrected chi connectivity index (χ2v) is 9.31. The average molecular weight is 454 g/mol. The minimum atomic E-state index is -0.0440. The van der Waals surface area contributed by atoms with E-state index >= 15 is 0 Å². The molecule has 27 heavy (non-hydrogen) atoms. The number of amides is 3. The molecular weight excluding hydrogens is 426 g/mol. The topological polar surface area (TPSA) is 61.4 Å². The van der Waals surface area contributed by atoms with E-state index < -0.39 is 0 Å². The maximum Gasteiger partial charge on any atom is 0.315 e. The molecule has 1 aliphatic carbocycles. The molecule has 1 aliphatic heterocycles. The molecule has 0 aromatic heterocycles. The zero-order valence-corrected chi connectivity index (χ0v) is 18.0. The molecule has 2 N–H and O–H groups in total. The predicted molar refractivity (Wildman–Crippen MR) is 113 cm³/mol. The number of carbonyl (C=O) groups excluding carboxylic acids is 2. The van der Waals surface area contributed by atoms with Crippen LogP contribution in [0, 0.1) is 0 Å². The summed E-state index contributed by atoms with van der Waals surface area (Å²) < 4.78 is 1.04. The Morgan fingerprint density at radius 3 is 2.19 bits per heavy atom. The predicted octanol–water partition coefficient (Wildman–Crippen LogP) is 4.16. The van der Waals surface area contributed by atoms with Gasteiger partial charge in [0.15, 0.2) is 0 Å². The largest absolute Gasteiger partial charge is 0.342 e. The van der Waals surface area contributed by atoms with Crippen molar-refractivity contribution in [2.45, 2.75) is 61.9 Å². The van der Waals surface area contributed by atoms with Gasteiger partial charge in [0.2, 0.25) is 5.91 Å². The fourth-order valence-electron chi connectivity index (χ4n) is 3.70. The normalized spacial score (nSPS) is 18.9. The van der Waals surface area contributed by atoms with Gasteiger partial charge in [0.25, 0.3) is 0 Å². The van der Waals surface area contributed by atoms with Crippen molar-refractivity contribution in [3.63, 3.8) is 0 Å². The number of thioether (sulfide) groups is 1. The summed E-state index contributed by atoms with van der Waals surface area (Å²) in [5.74, 6) is 0.634. The van der Waals surface area contributed by atoms with Gasteiger partial charge in [-0.3, -0.25) is 4.79 Å². The van der Waals surface area contributed by atoms with Crippen molar-refractivity contribution in [1.82, 2.24) is 15.5 Å². The minimum Gasteiger partial charge on any atom is -0.342 e. The Kier molecular flexibility index (Phi) is 7.88. The summed E-state index contributed by atoms with van der Waals surface area (Å²) in [6.07, 6.45) is 7.55. The molecular formula is C20H28BrN3O2S. The van der Waals surface area contributed by atoms with Gasteiger partial charge in [-0.1, -0.05) is 35.2 Å². The van der Waals surface area contributed by atoms with Gasteiger partial charge in [-0.05, 0) is 49.9 Å². The fraction of sp³-hybridized carbons (Fsp3) is 0.600. The van der Waals surface area contributed by atoms with Crippen molar-refractivity contribution in [1.29, 1.82) is 0 Å². The van der Waals surface area contributed by atoms with E-state index in [0.29, 0.717) is 24.9 Å². The Hall–Kier alpha value is -1.21. The Labute approximate surface area is 174 Å². The molecule has 1 saturated heterocycles. The first-order valence-electron chi connectivity index (χ1n) is 9.83. The van der Waals surface area contributed by atoms with E-state index in [4.69, 9.17) is 0 Å². The molecule has 1 saturated carbocycles. The smallest absolute Gasteiger partial charge is 0.315 e. The number of rotatable bonds is 5. The van der Waals surface area contributed by atoms with Crippen LogP contribution in [0.25, 0.3) is 0 Å². The van der Waals surface area contributed by atoms with E-state index in [1.165, 1.54) is 19.3 Å². The van der Waals surface area contributed by atoms with Crippen LogP contribution in [0.15, 0.2) is 33.6 Å². The van der Waals surface area contributed by atoms with Gasteiger partial charge in [0.1, 0.15) is 0 Å². The van der Waals surface area contributed by atoms with Crippen molar-refractivity contribution in [3.8, 4) is 0 Å². The molecule has 1 aromatic rings. The molecule has 2 aliphatic rings. The number of carbonyl (C=O) groups is 2. The van der Waals surface area contributed by atoms with Gasteiger partial charge < -0.3 is 15.5 Å². The van der Waals surface area contributed by atoms with Crippen LogP contribution in [-0.2, 0) is 4.79 Å². The summed E-state index contributed by atoms with van der Waals surface area (Å²) in [4.78, 5) is 27.6. The first-order valence-corrected chi connectivity index (χ1v) is 11.6. The first-order chi connectivity index (χ1) is 13.1. The molecule has 2 fully saturated rings. The van der Waals surface area contributed by atoms with Crippen LogP contribution in [0.3, 0.4) is 0 Å². The lowest BCUT2D eigenvalue weighted by Gasteiger charge is -2.33. The second kappa shape index (κ2) is 10.4. The number of urea groups is 1. The number of likely N-dealkylation sites (tertiary alicyclic amines) is 1.